The maximum atomic E-state index is 14.7. The van der Waals surface area contributed by atoms with Crippen LogP contribution in [0.1, 0.15) is 92.9 Å². The van der Waals surface area contributed by atoms with Crippen molar-refractivity contribution in [2.45, 2.75) is 123 Å². The summed E-state index contributed by atoms with van der Waals surface area (Å²) in [6.07, 6.45) is 9.95. The van der Waals surface area contributed by atoms with E-state index < -0.39 is 46.9 Å². The summed E-state index contributed by atoms with van der Waals surface area (Å²) in [6, 6.07) is 5.86. The third kappa shape index (κ3) is 12.4. The smallest absolute Gasteiger partial charge is 0.253 e. The number of hydrogen-bond donors (Lipinski definition) is 3. The molecule has 2 heterocycles. The van der Waals surface area contributed by atoms with E-state index in [0.29, 0.717) is 63.7 Å². The van der Waals surface area contributed by atoms with Gasteiger partial charge in [-0.3, -0.25) is 38.5 Å². The first-order valence-corrected chi connectivity index (χ1v) is 26.1. The first kappa shape index (κ1) is 55.8. The second-order valence-corrected chi connectivity index (χ2v) is 21.1. The lowest BCUT2D eigenvalue weighted by atomic mass is 9.46. The lowest BCUT2D eigenvalue weighted by Crippen LogP contribution is -2.63. The number of nitrogens with zero attached hydrogens (tertiary/aromatic N) is 1. The Morgan fingerprint density at radius 3 is 2.16 bits per heavy atom. The molecule has 18 heteroatoms. The second kappa shape index (κ2) is 24.6. The van der Waals surface area contributed by atoms with E-state index in [0.717, 1.165) is 29.7 Å². The van der Waals surface area contributed by atoms with Crippen molar-refractivity contribution in [3.8, 4) is 5.75 Å². The molecule has 2 aliphatic heterocycles. The van der Waals surface area contributed by atoms with Gasteiger partial charge in [0.1, 0.15) is 12.4 Å². The van der Waals surface area contributed by atoms with Gasteiger partial charge in [0.2, 0.25) is 17.6 Å². The Labute approximate surface area is 428 Å². The van der Waals surface area contributed by atoms with Crippen LogP contribution in [0, 0.1) is 40.4 Å². The minimum Gasteiger partial charge on any atom is -0.486 e. The Kier molecular flexibility index (Phi) is 18.8. The third-order valence-corrected chi connectivity index (χ3v) is 16.0. The summed E-state index contributed by atoms with van der Waals surface area (Å²) >= 11 is 0. The Hall–Kier alpha value is -4.95. The van der Waals surface area contributed by atoms with Gasteiger partial charge in [0.25, 0.3) is 11.8 Å². The average molecular weight is 1020 g/mol. The van der Waals surface area contributed by atoms with E-state index in [-0.39, 0.29) is 110 Å². The van der Waals surface area contributed by atoms with Crippen molar-refractivity contribution in [2.75, 3.05) is 71.3 Å². The van der Waals surface area contributed by atoms with Crippen molar-refractivity contribution in [3.05, 3.63) is 60.2 Å². The van der Waals surface area contributed by atoms with Crippen LogP contribution in [0.15, 0.2) is 60.2 Å². The lowest BCUT2D eigenvalue weighted by molar-refractivity contribution is -0.200. The molecule has 0 spiro atoms. The number of imide groups is 1. The summed E-state index contributed by atoms with van der Waals surface area (Å²) in [6.45, 7) is 13.7. The molecule has 18 nitrogen and oxygen atoms in total. The summed E-state index contributed by atoms with van der Waals surface area (Å²) in [7, 11) is 0. The molecule has 7 rings (SSSR count). The van der Waals surface area contributed by atoms with Crippen molar-refractivity contribution < 1.29 is 71.8 Å². The van der Waals surface area contributed by atoms with Gasteiger partial charge in [-0.25, -0.2) is 0 Å². The van der Waals surface area contributed by atoms with Gasteiger partial charge >= 0.3 is 0 Å². The molecule has 3 N–H and O–H groups in total. The molecule has 4 amide bonds. The third-order valence-electron chi connectivity index (χ3n) is 16.0. The molecule has 0 unspecified atom stereocenters. The van der Waals surface area contributed by atoms with Crippen molar-refractivity contribution in [1.82, 2.24) is 10.2 Å². The molecule has 4 fully saturated rings. The highest BCUT2D eigenvalue weighted by Crippen LogP contribution is 2.69. The number of ether oxygens (including phenoxy) is 7. The molecule has 0 aromatic heterocycles. The topological polar surface area (TPSA) is 232 Å². The molecule has 4 aliphatic carbocycles. The molecule has 1 aromatic rings. The fourth-order valence-electron chi connectivity index (χ4n) is 12.3. The number of amides is 4. The number of carbonyl (C=O) groups is 7. The number of hydrogen-bond acceptors (Lipinski definition) is 15. The number of aliphatic hydroxyl groups excluding tert-OH is 1. The molecule has 0 bridgehead atoms. The van der Waals surface area contributed by atoms with Gasteiger partial charge in [-0.2, -0.15) is 0 Å². The van der Waals surface area contributed by atoms with Gasteiger partial charge in [-0.05, 0) is 86.3 Å². The zero-order valence-corrected chi connectivity index (χ0v) is 43.2. The van der Waals surface area contributed by atoms with Crippen LogP contribution in [0.3, 0.4) is 0 Å². The maximum absolute atomic E-state index is 14.7. The van der Waals surface area contributed by atoms with E-state index in [1.54, 1.807) is 43.3 Å². The molecule has 6 aliphatic rings. The molecule has 1 saturated heterocycles. The first-order chi connectivity index (χ1) is 34.9. The standard InChI is InChI=1S/C55H75N3O15/c1-7-8-49-72-45-31-41-40-14-9-36-30-38(59)17-19-53(36,5)50(40)43(61)32-54(41,6)55(45,73-49)44(62)33-71-39-12-10-37(11-13-39)56-52(66)35(4)29-42(60)51(34(2)3)57-46(63)18-21-67-23-25-69-27-28-70-26-24-68-22-20-58-47(64)15-16-48(58)65/h10-13,15-17,19,30,34-35,40-41,43,45,49-51,61H,7-9,14,18,20-29,31-33H2,1-6H3,(H,56,66)(H,57,63)/t35-,40+,41+,43+,45-,49-,50-,51+,53+,54+,55-/m1/s1. The van der Waals surface area contributed by atoms with Crippen molar-refractivity contribution in [3.63, 3.8) is 0 Å². The minimum atomic E-state index is -1.32. The van der Waals surface area contributed by atoms with Crippen LogP contribution in [-0.4, -0.2) is 147 Å². The number of ketones is 3. The summed E-state index contributed by atoms with van der Waals surface area (Å²) in [4.78, 5) is 90.7. The Morgan fingerprint density at radius 1 is 0.877 bits per heavy atom. The molecule has 400 valence electrons. The van der Waals surface area contributed by atoms with E-state index >= 15 is 0 Å². The SMILES string of the molecule is CCC[C@@H]1O[C@@H]2C[C@H]3[C@@H]4CCC5=CC(=O)C=C[C@]5(C)[C@H]4[C@@H](O)C[C@]3(C)[C@]2(C(=O)COc2ccc(NC(=O)[C@H](C)CC(=O)[C@@H](NC(=O)CCOCCOCCOCCOCCN3C(=O)C=CC3=O)C(C)C)cc2)O1. The van der Waals surface area contributed by atoms with Gasteiger partial charge in [0.15, 0.2) is 23.5 Å². The Balaban J connectivity index is 0.809. The second-order valence-electron chi connectivity index (χ2n) is 21.1. The minimum absolute atomic E-state index is 0.0189. The van der Waals surface area contributed by atoms with Crippen molar-refractivity contribution >= 4 is 46.7 Å². The Morgan fingerprint density at radius 2 is 1.52 bits per heavy atom. The molecule has 1 aromatic carbocycles. The summed E-state index contributed by atoms with van der Waals surface area (Å²) in [5.74, 6) is -2.41. The summed E-state index contributed by atoms with van der Waals surface area (Å²) in [5, 5.41) is 17.7. The largest absolute Gasteiger partial charge is 0.486 e. The highest BCUT2D eigenvalue weighted by molar-refractivity contribution is 6.12. The summed E-state index contributed by atoms with van der Waals surface area (Å²) in [5.41, 5.74) is -0.952. The van der Waals surface area contributed by atoms with Crippen LogP contribution in [0.2, 0.25) is 0 Å². The number of Topliss-reactive ketones (excluding diaryl/α,β-unsaturated/α-hetero) is 2. The van der Waals surface area contributed by atoms with E-state index in [1.807, 2.05) is 26.8 Å². The summed E-state index contributed by atoms with van der Waals surface area (Å²) < 4.78 is 41.3. The van der Waals surface area contributed by atoms with Crippen LogP contribution < -0.4 is 15.4 Å². The number of allylic oxidation sites excluding steroid dienone is 4. The van der Waals surface area contributed by atoms with Gasteiger partial charge in [-0.1, -0.05) is 59.6 Å². The molecular formula is C55H75N3O15. The van der Waals surface area contributed by atoms with Gasteiger partial charge in [-0.15, -0.1) is 0 Å². The molecule has 3 saturated carbocycles. The number of aliphatic hydroxyl groups is 1. The van der Waals surface area contributed by atoms with Crippen molar-refractivity contribution in [1.29, 1.82) is 0 Å². The number of carbonyl (C=O) groups excluding carboxylic acids is 7. The van der Waals surface area contributed by atoms with Gasteiger partial charge in [0, 0.05) is 53.3 Å². The van der Waals surface area contributed by atoms with E-state index in [4.69, 9.17) is 33.2 Å². The number of benzene rings is 1. The Bertz CT molecular complexity index is 2260. The van der Waals surface area contributed by atoms with E-state index in [1.165, 1.54) is 12.2 Å². The lowest BCUT2D eigenvalue weighted by Gasteiger charge is -2.59. The molecule has 0 radical (unpaired) electrons. The normalized spacial score (nSPS) is 29.8. The quantitative estimate of drug-likeness (QED) is 0.0752. The predicted octanol–water partition coefficient (Wildman–Crippen LogP) is 4.86. The fourth-order valence-corrected chi connectivity index (χ4v) is 12.3. The zero-order valence-electron chi connectivity index (χ0n) is 43.2. The fraction of sp³-hybridized carbons (Fsp3) is 0.655. The van der Waals surface area contributed by atoms with Crippen LogP contribution in [0.4, 0.5) is 5.69 Å². The highest BCUT2D eigenvalue weighted by Gasteiger charge is 2.76. The zero-order chi connectivity index (χ0) is 52.5. The van der Waals surface area contributed by atoms with E-state index in [2.05, 4.69) is 24.5 Å². The molecule has 11 atom stereocenters. The first-order valence-electron chi connectivity index (χ1n) is 26.1. The van der Waals surface area contributed by atoms with E-state index in [9.17, 15) is 38.7 Å². The molecule has 73 heavy (non-hydrogen) atoms. The maximum Gasteiger partial charge on any atom is 0.253 e. The highest BCUT2D eigenvalue weighted by atomic mass is 16.7. The number of rotatable bonds is 28. The monoisotopic (exact) mass is 1020 g/mol. The van der Waals surface area contributed by atoms with Crippen molar-refractivity contribution in [2.24, 2.45) is 40.4 Å². The van der Waals surface area contributed by atoms with Crippen LogP contribution >= 0.6 is 0 Å². The predicted molar refractivity (Wildman–Crippen MR) is 266 cm³/mol. The van der Waals surface area contributed by atoms with Gasteiger partial charge < -0.3 is 48.9 Å². The molecular weight excluding hydrogens is 943 g/mol. The van der Waals surface area contributed by atoms with Gasteiger partial charge in [0.05, 0.1) is 77.6 Å². The van der Waals surface area contributed by atoms with Crippen LogP contribution in [-0.2, 0) is 62.0 Å². The van der Waals surface area contributed by atoms with Crippen LogP contribution in [0.25, 0.3) is 0 Å². The van der Waals surface area contributed by atoms with Crippen LogP contribution in [0.5, 0.6) is 5.75 Å². The number of fused-ring (bicyclic) bond motifs is 7. The number of nitrogens with one attached hydrogen (secondary N) is 2. The average Bonchev–Trinajstić information content (AvgIpc) is 3.97. The number of anilines is 1.